The van der Waals surface area contributed by atoms with Crippen LogP contribution in [0.3, 0.4) is 0 Å². The summed E-state index contributed by atoms with van der Waals surface area (Å²) in [7, 11) is 0. The monoisotopic (exact) mass is 402 g/mol. The zero-order valence-electron chi connectivity index (χ0n) is 16.5. The quantitative estimate of drug-likeness (QED) is 0.507. The number of rotatable bonds is 6. The van der Waals surface area contributed by atoms with E-state index in [1.54, 1.807) is 29.4 Å². The molecule has 2 amide bonds. The molecule has 1 fully saturated rings. The fourth-order valence-corrected chi connectivity index (χ4v) is 3.72. The van der Waals surface area contributed by atoms with Crippen molar-refractivity contribution in [3.63, 3.8) is 0 Å². The molecule has 1 aliphatic heterocycles. The van der Waals surface area contributed by atoms with Gasteiger partial charge in [0.25, 0.3) is 5.91 Å². The summed E-state index contributed by atoms with van der Waals surface area (Å²) in [6, 6.07) is 13.3. The van der Waals surface area contributed by atoms with Crippen LogP contribution < -0.4 is 5.32 Å². The van der Waals surface area contributed by atoms with Crippen LogP contribution in [0.15, 0.2) is 58.8 Å². The van der Waals surface area contributed by atoms with Crippen molar-refractivity contribution in [3.05, 3.63) is 65.8 Å². The van der Waals surface area contributed by atoms with Gasteiger partial charge in [0.05, 0.1) is 12.8 Å². The minimum atomic E-state index is -0.233. The van der Waals surface area contributed by atoms with E-state index in [4.69, 9.17) is 4.42 Å². The molecule has 0 unspecified atom stereocenters. The lowest BCUT2D eigenvalue weighted by atomic mass is 10.1. The van der Waals surface area contributed by atoms with Crippen LogP contribution in [-0.2, 0) is 22.7 Å². The van der Waals surface area contributed by atoms with Crippen molar-refractivity contribution in [2.75, 3.05) is 13.1 Å². The van der Waals surface area contributed by atoms with Gasteiger partial charge in [-0.15, -0.1) is 0 Å². The summed E-state index contributed by atoms with van der Waals surface area (Å²) in [5, 5.41) is 13.3. The summed E-state index contributed by atoms with van der Waals surface area (Å²) < 4.78 is 7.06. The number of fused-ring (bicyclic) bond motifs is 1. The van der Waals surface area contributed by atoms with Crippen LogP contribution in [0.25, 0.3) is 17.0 Å². The summed E-state index contributed by atoms with van der Waals surface area (Å²) in [5.41, 5.74) is 1.72. The van der Waals surface area contributed by atoms with Crippen LogP contribution in [0.5, 0.6) is 0 Å². The van der Waals surface area contributed by atoms with Crippen molar-refractivity contribution in [3.8, 4) is 6.07 Å². The van der Waals surface area contributed by atoms with Crippen molar-refractivity contribution in [2.45, 2.75) is 25.9 Å². The van der Waals surface area contributed by atoms with Gasteiger partial charge in [0, 0.05) is 35.8 Å². The van der Waals surface area contributed by atoms with E-state index in [-0.39, 0.29) is 23.9 Å². The number of nitriles is 1. The fourth-order valence-electron chi connectivity index (χ4n) is 3.72. The van der Waals surface area contributed by atoms with E-state index in [1.165, 1.54) is 0 Å². The highest BCUT2D eigenvalue weighted by atomic mass is 16.3. The van der Waals surface area contributed by atoms with Crippen LogP contribution in [0.1, 0.15) is 24.2 Å². The van der Waals surface area contributed by atoms with Crippen molar-refractivity contribution in [1.82, 2.24) is 14.8 Å². The van der Waals surface area contributed by atoms with Crippen molar-refractivity contribution in [2.24, 2.45) is 0 Å². The molecule has 152 valence electrons. The van der Waals surface area contributed by atoms with Gasteiger partial charge >= 0.3 is 0 Å². The fraction of sp³-hybridized carbons (Fsp3) is 0.261. The molecule has 3 heterocycles. The molecule has 30 heavy (non-hydrogen) atoms. The van der Waals surface area contributed by atoms with Gasteiger partial charge in [0.15, 0.2) is 0 Å². The van der Waals surface area contributed by atoms with Crippen LogP contribution in [0.2, 0.25) is 0 Å². The predicted octanol–water partition coefficient (Wildman–Crippen LogP) is 3.08. The lowest BCUT2D eigenvalue weighted by Crippen LogP contribution is -2.28. The lowest BCUT2D eigenvalue weighted by molar-refractivity contribution is -0.125. The second-order valence-corrected chi connectivity index (χ2v) is 7.25. The van der Waals surface area contributed by atoms with Crippen LogP contribution in [0, 0.1) is 11.3 Å². The summed E-state index contributed by atoms with van der Waals surface area (Å²) >= 11 is 0. The average molecular weight is 402 g/mol. The summed E-state index contributed by atoms with van der Waals surface area (Å²) in [6.07, 6.45) is 6.94. The topological polar surface area (TPSA) is 91.3 Å². The Morgan fingerprint density at radius 2 is 1.97 bits per heavy atom. The molecule has 7 nitrogen and oxygen atoms in total. The highest BCUT2D eigenvalue weighted by molar-refractivity contribution is 6.04. The van der Waals surface area contributed by atoms with Gasteiger partial charge in [0.1, 0.15) is 23.9 Å². The van der Waals surface area contributed by atoms with Gasteiger partial charge < -0.3 is 19.2 Å². The first-order chi connectivity index (χ1) is 14.7. The smallest absolute Gasteiger partial charge is 0.264 e. The molecule has 0 saturated carbocycles. The van der Waals surface area contributed by atoms with E-state index in [9.17, 15) is 14.9 Å². The average Bonchev–Trinajstić information content (AvgIpc) is 3.52. The van der Waals surface area contributed by atoms with E-state index in [0.29, 0.717) is 25.4 Å². The van der Waals surface area contributed by atoms with Crippen molar-refractivity contribution < 1.29 is 14.0 Å². The Balaban J connectivity index is 1.57. The molecule has 2 aromatic heterocycles. The number of carbonyl (C=O) groups excluding carboxylic acids is 2. The first-order valence-corrected chi connectivity index (χ1v) is 9.94. The number of nitrogens with one attached hydrogen (secondary N) is 1. The number of furan rings is 1. The second-order valence-electron chi connectivity index (χ2n) is 7.25. The van der Waals surface area contributed by atoms with Gasteiger partial charge in [-0.1, -0.05) is 18.2 Å². The van der Waals surface area contributed by atoms with E-state index < -0.39 is 0 Å². The Hall–Kier alpha value is -3.79. The summed E-state index contributed by atoms with van der Waals surface area (Å²) in [6.45, 7) is 1.82. The number of benzene rings is 1. The number of para-hydroxylation sites is 1. The molecule has 3 aromatic rings. The van der Waals surface area contributed by atoms with Gasteiger partial charge in [0.2, 0.25) is 5.91 Å². The number of hydrogen-bond donors (Lipinski definition) is 1. The highest BCUT2D eigenvalue weighted by Crippen LogP contribution is 2.24. The second kappa shape index (κ2) is 8.70. The maximum Gasteiger partial charge on any atom is 0.264 e. The van der Waals surface area contributed by atoms with E-state index in [2.05, 4.69) is 5.32 Å². The van der Waals surface area contributed by atoms with E-state index in [1.807, 2.05) is 41.1 Å². The molecule has 0 aliphatic carbocycles. The number of amides is 2. The van der Waals surface area contributed by atoms with Gasteiger partial charge in [-0.3, -0.25) is 9.59 Å². The Morgan fingerprint density at radius 3 is 2.70 bits per heavy atom. The van der Waals surface area contributed by atoms with Gasteiger partial charge in [-0.25, -0.2) is 0 Å². The third kappa shape index (κ3) is 4.13. The Bertz CT molecular complexity index is 1130. The molecule has 1 aromatic carbocycles. The molecule has 0 atom stereocenters. The highest BCUT2D eigenvalue weighted by Gasteiger charge is 2.22. The minimum Gasteiger partial charge on any atom is -0.467 e. The number of nitrogens with zero attached hydrogens (tertiary/aromatic N) is 3. The zero-order valence-corrected chi connectivity index (χ0v) is 16.5. The molecule has 1 aliphatic rings. The standard InChI is InChI=1S/C23H22N4O3/c24-13-17(23(29)26-9-3-4-10-26)12-18-15-27(21-8-2-1-7-20(18)21)16-22(28)25-14-19-6-5-11-30-19/h1-2,5-8,11-12,15H,3-4,9-10,14,16H2,(H,25,28)/b17-12+. The molecule has 7 heteroatoms. The molecule has 0 radical (unpaired) electrons. The van der Waals surface area contributed by atoms with Crippen molar-refractivity contribution in [1.29, 1.82) is 5.26 Å². The number of aromatic nitrogens is 1. The predicted molar refractivity (Wildman–Crippen MR) is 112 cm³/mol. The molecule has 1 N–H and O–H groups in total. The molecule has 1 saturated heterocycles. The maximum atomic E-state index is 12.7. The SMILES string of the molecule is N#C/C(=C\c1cn(CC(=O)NCc2ccco2)c2ccccc12)C(=O)N1CCCC1. The minimum absolute atomic E-state index is 0.113. The van der Waals surface area contributed by atoms with Gasteiger partial charge in [-0.2, -0.15) is 5.26 Å². The molecular formula is C23H22N4O3. The van der Waals surface area contributed by atoms with E-state index in [0.717, 1.165) is 29.3 Å². The summed E-state index contributed by atoms with van der Waals surface area (Å²) in [4.78, 5) is 26.8. The Morgan fingerprint density at radius 1 is 1.17 bits per heavy atom. The summed E-state index contributed by atoms with van der Waals surface area (Å²) in [5.74, 6) is 0.294. The molecule has 0 spiro atoms. The lowest BCUT2D eigenvalue weighted by Gasteiger charge is -2.13. The maximum absolute atomic E-state index is 12.7. The molecule has 0 bridgehead atoms. The van der Waals surface area contributed by atoms with Gasteiger partial charge in [-0.05, 0) is 37.1 Å². The number of likely N-dealkylation sites (tertiary alicyclic amines) is 1. The largest absolute Gasteiger partial charge is 0.467 e. The van der Waals surface area contributed by atoms with Crippen molar-refractivity contribution >= 4 is 28.8 Å². The first-order valence-electron chi connectivity index (χ1n) is 9.94. The third-order valence-electron chi connectivity index (χ3n) is 5.22. The molecular weight excluding hydrogens is 380 g/mol. The first kappa shape index (κ1) is 19.5. The van der Waals surface area contributed by atoms with E-state index >= 15 is 0 Å². The molecule has 4 rings (SSSR count). The number of hydrogen-bond acceptors (Lipinski definition) is 4. The zero-order chi connectivity index (χ0) is 20.9. The Labute approximate surface area is 174 Å². The number of carbonyl (C=O) groups is 2. The van der Waals surface area contributed by atoms with Crippen LogP contribution in [0.4, 0.5) is 0 Å². The van der Waals surface area contributed by atoms with Crippen LogP contribution >= 0.6 is 0 Å². The Kier molecular flexibility index (Phi) is 5.66. The normalized spacial score (nSPS) is 14.1. The third-order valence-corrected chi connectivity index (χ3v) is 5.22. The van der Waals surface area contributed by atoms with Crippen LogP contribution in [-0.4, -0.2) is 34.4 Å².